The number of hydrogen-bond acceptors (Lipinski definition) is 5. The van der Waals surface area contributed by atoms with Gasteiger partial charge < -0.3 is 15.3 Å². The summed E-state index contributed by atoms with van der Waals surface area (Å²) in [5.74, 6) is 2.27. The Morgan fingerprint density at radius 2 is 1.95 bits per heavy atom. The third kappa shape index (κ3) is 2.97. The molecular weight excluding hydrogens is 240 g/mol. The summed E-state index contributed by atoms with van der Waals surface area (Å²) in [6.45, 7) is 7.90. The van der Waals surface area contributed by atoms with E-state index in [1.165, 1.54) is 0 Å². The van der Waals surface area contributed by atoms with Gasteiger partial charge in [0.1, 0.15) is 18.0 Å². The number of aliphatic hydroxyl groups is 1. The summed E-state index contributed by atoms with van der Waals surface area (Å²) >= 11 is 0. The molecule has 1 aromatic rings. The van der Waals surface area contributed by atoms with Gasteiger partial charge in [-0.3, -0.25) is 0 Å². The average molecular weight is 264 g/mol. The summed E-state index contributed by atoms with van der Waals surface area (Å²) in [5, 5.41) is 13.2. The lowest BCUT2D eigenvalue weighted by Gasteiger charge is -2.37. The normalized spacial score (nSPS) is 18.7. The highest BCUT2D eigenvalue weighted by atomic mass is 16.3. The van der Waals surface area contributed by atoms with E-state index in [-0.39, 0.29) is 0 Å². The molecule has 0 saturated carbocycles. The molecule has 1 aliphatic rings. The number of piperidine rings is 1. The zero-order valence-electron chi connectivity index (χ0n) is 12.3. The van der Waals surface area contributed by atoms with Crippen LogP contribution in [0.5, 0.6) is 0 Å². The first-order valence-electron chi connectivity index (χ1n) is 6.94. The zero-order chi connectivity index (χ0) is 14.0. The van der Waals surface area contributed by atoms with Gasteiger partial charge in [0.15, 0.2) is 0 Å². The predicted molar refractivity (Wildman–Crippen MR) is 77.7 cm³/mol. The van der Waals surface area contributed by atoms with Gasteiger partial charge in [0, 0.05) is 25.7 Å². The highest BCUT2D eigenvalue weighted by Gasteiger charge is 2.29. The van der Waals surface area contributed by atoms with E-state index in [0.29, 0.717) is 5.92 Å². The topological polar surface area (TPSA) is 61.3 Å². The Balaban J connectivity index is 2.30. The molecule has 0 spiro atoms. The lowest BCUT2D eigenvalue weighted by atomic mass is 9.93. The van der Waals surface area contributed by atoms with Gasteiger partial charge in [-0.15, -0.1) is 0 Å². The minimum absolute atomic E-state index is 0.362. The Morgan fingerprint density at radius 1 is 1.32 bits per heavy atom. The molecule has 19 heavy (non-hydrogen) atoms. The summed E-state index contributed by atoms with van der Waals surface area (Å²) in [6.07, 6.45) is 3.17. The highest BCUT2D eigenvalue weighted by Crippen LogP contribution is 2.33. The minimum Gasteiger partial charge on any atom is -0.390 e. The molecule has 2 rings (SSSR count). The van der Waals surface area contributed by atoms with Gasteiger partial charge in [0.05, 0.1) is 5.60 Å². The monoisotopic (exact) mass is 264 g/mol. The van der Waals surface area contributed by atoms with Gasteiger partial charge in [-0.25, -0.2) is 9.97 Å². The molecule has 0 bridgehead atoms. The van der Waals surface area contributed by atoms with Crippen molar-refractivity contribution in [1.82, 2.24) is 9.97 Å². The van der Waals surface area contributed by atoms with Crippen molar-refractivity contribution in [1.29, 1.82) is 0 Å². The van der Waals surface area contributed by atoms with Crippen molar-refractivity contribution in [2.45, 2.75) is 45.1 Å². The first kappa shape index (κ1) is 14.1. The van der Waals surface area contributed by atoms with Crippen LogP contribution in [0, 0.1) is 0 Å². The van der Waals surface area contributed by atoms with Crippen LogP contribution in [-0.2, 0) is 0 Å². The molecule has 0 amide bonds. The molecule has 0 aliphatic carbocycles. The fraction of sp³-hybridized carbons (Fsp3) is 0.714. The van der Waals surface area contributed by atoms with E-state index in [1.54, 1.807) is 6.33 Å². The van der Waals surface area contributed by atoms with Crippen molar-refractivity contribution in [2.24, 2.45) is 0 Å². The van der Waals surface area contributed by atoms with Crippen molar-refractivity contribution < 1.29 is 5.11 Å². The summed E-state index contributed by atoms with van der Waals surface area (Å²) in [6, 6.07) is 0. The SMILES string of the molecule is CNc1ncnc(N2CCC(C)(O)CC2)c1C(C)C. The Kier molecular flexibility index (Phi) is 3.94. The Morgan fingerprint density at radius 3 is 2.47 bits per heavy atom. The van der Waals surface area contributed by atoms with Crippen LogP contribution in [-0.4, -0.2) is 40.8 Å². The van der Waals surface area contributed by atoms with Crippen LogP contribution in [0.25, 0.3) is 0 Å². The zero-order valence-corrected chi connectivity index (χ0v) is 12.3. The minimum atomic E-state index is -0.534. The summed E-state index contributed by atoms with van der Waals surface area (Å²) in [4.78, 5) is 11.0. The maximum Gasteiger partial charge on any atom is 0.137 e. The third-order valence-electron chi connectivity index (χ3n) is 3.82. The smallest absolute Gasteiger partial charge is 0.137 e. The highest BCUT2D eigenvalue weighted by molar-refractivity contribution is 5.60. The van der Waals surface area contributed by atoms with Gasteiger partial charge in [0.2, 0.25) is 0 Å². The molecule has 5 heteroatoms. The summed E-state index contributed by atoms with van der Waals surface area (Å²) in [7, 11) is 1.89. The molecule has 2 N–H and O–H groups in total. The second kappa shape index (κ2) is 5.33. The van der Waals surface area contributed by atoms with Crippen molar-refractivity contribution >= 4 is 11.6 Å². The third-order valence-corrected chi connectivity index (χ3v) is 3.82. The first-order valence-corrected chi connectivity index (χ1v) is 6.94. The van der Waals surface area contributed by atoms with Gasteiger partial charge in [-0.05, 0) is 25.7 Å². The van der Waals surface area contributed by atoms with Gasteiger partial charge in [0.25, 0.3) is 0 Å². The Bertz CT molecular complexity index is 435. The largest absolute Gasteiger partial charge is 0.390 e. The summed E-state index contributed by atoms with van der Waals surface area (Å²) < 4.78 is 0. The van der Waals surface area contributed by atoms with E-state index in [9.17, 15) is 5.11 Å². The van der Waals surface area contributed by atoms with Crippen LogP contribution >= 0.6 is 0 Å². The Labute approximate surface area is 115 Å². The lowest BCUT2D eigenvalue weighted by Crippen LogP contribution is -2.43. The molecule has 0 atom stereocenters. The van der Waals surface area contributed by atoms with Crippen LogP contribution in [0.3, 0.4) is 0 Å². The molecule has 1 aliphatic heterocycles. The van der Waals surface area contributed by atoms with Crippen LogP contribution in [0.4, 0.5) is 11.6 Å². The van der Waals surface area contributed by atoms with Crippen molar-refractivity contribution in [3.05, 3.63) is 11.9 Å². The second-order valence-corrected chi connectivity index (χ2v) is 5.85. The van der Waals surface area contributed by atoms with Crippen LogP contribution in [0.15, 0.2) is 6.33 Å². The van der Waals surface area contributed by atoms with E-state index < -0.39 is 5.60 Å². The molecule has 0 radical (unpaired) electrons. The van der Waals surface area contributed by atoms with Crippen LogP contribution in [0.1, 0.15) is 45.1 Å². The number of nitrogens with zero attached hydrogens (tertiary/aromatic N) is 3. The molecule has 0 aromatic carbocycles. The van der Waals surface area contributed by atoms with Crippen molar-refractivity contribution in [2.75, 3.05) is 30.4 Å². The number of hydrogen-bond donors (Lipinski definition) is 2. The Hall–Kier alpha value is -1.36. The molecule has 1 fully saturated rings. The fourth-order valence-corrected chi connectivity index (χ4v) is 2.57. The molecule has 2 heterocycles. The van der Waals surface area contributed by atoms with Crippen molar-refractivity contribution in [3.8, 4) is 0 Å². The standard InChI is InChI=1S/C14H24N4O/c1-10(2)11-12(15-4)16-9-17-13(11)18-7-5-14(3,19)6-8-18/h9-10,19H,5-8H2,1-4H3,(H,15,16,17). The van der Waals surface area contributed by atoms with E-state index in [0.717, 1.165) is 43.1 Å². The molecule has 5 nitrogen and oxygen atoms in total. The molecule has 1 aromatic heterocycles. The quantitative estimate of drug-likeness (QED) is 0.874. The van der Waals surface area contributed by atoms with Gasteiger partial charge in [-0.2, -0.15) is 0 Å². The summed E-state index contributed by atoms with van der Waals surface area (Å²) in [5.41, 5.74) is 0.624. The lowest BCUT2D eigenvalue weighted by molar-refractivity contribution is 0.0350. The van der Waals surface area contributed by atoms with Crippen molar-refractivity contribution in [3.63, 3.8) is 0 Å². The first-order chi connectivity index (χ1) is 8.94. The molecular formula is C14H24N4O. The molecule has 1 saturated heterocycles. The predicted octanol–water partition coefficient (Wildman–Crippen LogP) is 1.99. The average Bonchev–Trinajstić information content (AvgIpc) is 2.37. The maximum absolute atomic E-state index is 10.0. The van der Waals surface area contributed by atoms with Crippen LogP contribution < -0.4 is 10.2 Å². The molecule has 0 unspecified atom stereocenters. The van der Waals surface area contributed by atoms with E-state index in [4.69, 9.17) is 0 Å². The number of rotatable bonds is 3. The van der Waals surface area contributed by atoms with E-state index in [2.05, 4.69) is 34.0 Å². The van der Waals surface area contributed by atoms with Gasteiger partial charge in [-0.1, -0.05) is 13.8 Å². The van der Waals surface area contributed by atoms with E-state index in [1.807, 2.05) is 14.0 Å². The van der Waals surface area contributed by atoms with Gasteiger partial charge >= 0.3 is 0 Å². The second-order valence-electron chi connectivity index (χ2n) is 5.85. The fourth-order valence-electron chi connectivity index (χ4n) is 2.57. The number of nitrogens with one attached hydrogen (secondary N) is 1. The number of anilines is 2. The van der Waals surface area contributed by atoms with Crippen LogP contribution in [0.2, 0.25) is 0 Å². The molecule has 106 valence electrons. The van der Waals surface area contributed by atoms with E-state index >= 15 is 0 Å². The maximum atomic E-state index is 10.0. The number of aromatic nitrogens is 2.